The molecule has 0 spiro atoms. The average Bonchev–Trinajstić information content (AvgIpc) is 2.43. The van der Waals surface area contributed by atoms with Crippen LogP contribution in [0.25, 0.3) is 0 Å². The number of benzene rings is 1. The van der Waals surface area contributed by atoms with E-state index in [-0.39, 0.29) is 0 Å². The summed E-state index contributed by atoms with van der Waals surface area (Å²) in [6.45, 7) is 4.64. The van der Waals surface area contributed by atoms with Gasteiger partial charge >= 0.3 is 0 Å². The molecule has 1 aliphatic carbocycles. The van der Waals surface area contributed by atoms with Gasteiger partial charge in [-0.15, -0.1) is 11.6 Å². The third kappa shape index (κ3) is 3.56. The van der Waals surface area contributed by atoms with Gasteiger partial charge in [-0.25, -0.2) is 0 Å². The summed E-state index contributed by atoms with van der Waals surface area (Å²) < 4.78 is 11.4. The number of methoxy groups -OCH3 is 1. The molecule has 1 aromatic carbocycles. The van der Waals surface area contributed by atoms with Gasteiger partial charge in [-0.2, -0.15) is 0 Å². The first-order valence-corrected chi connectivity index (χ1v) is 7.57. The summed E-state index contributed by atoms with van der Waals surface area (Å²) in [5, 5.41) is 0. The largest absolute Gasteiger partial charge is 0.497 e. The fourth-order valence-corrected chi connectivity index (χ4v) is 2.89. The van der Waals surface area contributed by atoms with Crippen molar-refractivity contribution in [2.24, 2.45) is 11.8 Å². The third-order valence-electron chi connectivity index (χ3n) is 4.26. The van der Waals surface area contributed by atoms with Crippen LogP contribution < -0.4 is 9.47 Å². The minimum atomic E-state index is 0.306. The van der Waals surface area contributed by atoms with Gasteiger partial charge in [0.05, 0.1) is 19.1 Å². The summed E-state index contributed by atoms with van der Waals surface area (Å²) in [4.78, 5) is 0. The fraction of sp³-hybridized carbons (Fsp3) is 0.625. The predicted octanol–water partition coefficient (Wildman–Crippen LogP) is 4.64. The fourth-order valence-electron chi connectivity index (χ4n) is 2.67. The number of halogens is 1. The number of hydrogen-bond acceptors (Lipinski definition) is 2. The highest BCUT2D eigenvalue weighted by molar-refractivity contribution is 6.17. The van der Waals surface area contributed by atoms with Crippen molar-refractivity contribution in [2.75, 3.05) is 7.11 Å². The zero-order valence-electron chi connectivity index (χ0n) is 12.0. The Morgan fingerprint density at radius 3 is 2.63 bits per heavy atom. The van der Waals surface area contributed by atoms with Crippen molar-refractivity contribution in [1.29, 1.82) is 0 Å². The Morgan fingerprint density at radius 1 is 1.21 bits per heavy atom. The molecule has 2 nitrogen and oxygen atoms in total. The molecule has 3 unspecified atom stereocenters. The van der Waals surface area contributed by atoms with Crippen LogP contribution >= 0.6 is 11.6 Å². The van der Waals surface area contributed by atoms with E-state index in [4.69, 9.17) is 21.1 Å². The van der Waals surface area contributed by atoms with Gasteiger partial charge in [-0.1, -0.05) is 19.9 Å². The van der Waals surface area contributed by atoms with Gasteiger partial charge in [-0.05, 0) is 37.2 Å². The maximum absolute atomic E-state index is 6.17. The second kappa shape index (κ2) is 6.51. The highest BCUT2D eigenvalue weighted by Gasteiger charge is 2.26. The molecule has 106 valence electrons. The maximum atomic E-state index is 6.17. The lowest BCUT2D eigenvalue weighted by molar-refractivity contribution is 0.0997. The third-order valence-corrected chi connectivity index (χ3v) is 4.55. The molecular weight excluding hydrogens is 260 g/mol. The van der Waals surface area contributed by atoms with Crippen LogP contribution in [0.2, 0.25) is 0 Å². The molecule has 0 bridgehead atoms. The van der Waals surface area contributed by atoms with Crippen molar-refractivity contribution in [1.82, 2.24) is 0 Å². The van der Waals surface area contributed by atoms with Crippen LogP contribution in [0.4, 0.5) is 0 Å². The summed E-state index contributed by atoms with van der Waals surface area (Å²) in [7, 11) is 1.67. The van der Waals surface area contributed by atoms with Crippen LogP contribution in [0.15, 0.2) is 18.2 Å². The van der Waals surface area contributed by atoms with Crippen molar-refractivity contribution >= 4 is 11.6 Å². The van der Waals surface area contributed by atoms with Crippen LogP contribution in [0.3, 0.4) is 0 Å². The lowest BCUT2D eigenvalue weighted by Crippen LogP contribution is -2.29. The molecule has 0 N–H and O–H groups in total. The van der Waals surface area contributed by atoms with E-state index >= 15 is 0 Å². The van der Waals surface area contributed by atoms with Crippen LogP contribution in [-0.2, 0) is 5.88 Å². The van der Waals surface area contributed by atoms with Crippen molar-refractivity contribution in [3.05, 3.63) is 23.8 Å². The van der Waals surface area contributed by atoms with E-state index in [0.717, 1.165) is 41.7 Å². The van der Waals surface area contributed by atoms with Crippen molar-refractivity contribution in [3.63, 3.8) is 0 Å². The second-order valence-electron chi connectivity index (χ2n) is 5.61. The van der Waals surface area contributed by atoms with Crippen LogP contribution in [0, 0.1) is 11.8 Å². The van der Waals surface area contributed by atoms with E-state index in [1.54, 1.807) is 7.11 Å². The molecule has 0 aromatic heterocycles. The highest BCUT2D eigenvalue weighted by atomic mass is 35.5. The molecule has 0 radical (unpaired) electrons. The Balaban J connectivity index is 2.09. The Morgan fingerprint density at radius 2 is 2.00 bits per heavy atom. The smallest absolute Gasteiger partial charge is 0.127 e. The molecule has 19 heavy (non-hydrogen) atoms. The van der Waals surface area contributed by atoms with Crippen molar-refractivity contribution in [2.45, 2.75) is 45.1 Å². The lowest BCUT2D eigenvalue weighted by atomic mass is 9.80. The summed E-state index contributed by atoms with van der Waals surface area (Å²) in [6.07, 6.45) is 3.80. The van der Waals surface area contributed by atoms with Crippen LogP contribution in [-0.4, -0.2) is 13.2 Å². The molecule has 2 rings (SSSR count). The van der Waals surface area contributed by atoms with Gasteiger partial charge in [0, 0.05) is 11.6 Å². The monoisotopic (exact) mass is 282 g/mol. The number of rotatable bonds is 4. The molecule has 0 saturated heterocycles. The Labute approximate surface area is 121 Å². The van der Waals surface area contributed by atoms with Gasteiger partial charge in [0.25, 0.3) is 0 Å². The standard InChI is InChI=1S/C16H23ClO2/c1-11-4-6-15(8-12(11)2)19-16-9-14(18-3)7-5-13(16)10-17/h5,7,9,11-12,15H,4,6,8,10H2,1-3H3. The first kappa shape index (κ1) is 14.5. The zero-order chi connectivity index (χ0) is 13.8. The molecule has 3 heteroatoms. The summed E-state index contributed by atoms with van der Waals surface area (Å²) in [5.74, 6) is 3.70. The highest BCUT2D eigenvalue weighted by Crippen LogP contribution is 2.34. The first-order chi connectivity index (χ1) is 9.13. The Bertz CT molecular complexity index is 419. The Hall–Kier alpha value is -0.890. The van der Waals surface area contributed by atoms with E-state index in [1.165, 1.54) is 6.42 Å². The van der Waals surface area contributed by atoms with Gasteiger partial charge in [0.15, 0.2) is 0 Å². The SMILES string of the molecule is COc1ccc(CCl)c(OC2CCC(C)C(C)C2)c1. The van der Waals surface area contributed by atoms with Crippen molar-refractivity contribution < 1.29 is 9.47 Å². The quantitative estimate of drug-likeness (QED) is 0.749. The summed E-state index contributed by atoms with van der Waals surface area (Å²) in [6, 6.07) is 5.85. The zero-order valence-corrected chi connectivity index (χ0v) is 12.7. The molecule has 0 aliphatic heterocycles. The van der Waals surface area contributed by atoms with Crippen molar-refractivity contribution in [3.8, 4) is 11.5 Å². The minimum Gasteiger partial charge on any atom is -0.497 e. The summed E-state index contributed by atoms with van der Waals surface area (Å²) in [5.41, 5.74) is 1.04. The Kier molecular flexibility index (Phi) is 4.98. The first-order valence-electron chi connectivity index (χ1n) is 7.03. The van der Waals surface area contributed by atoms with Gasteiger partial charge in [0.2, 0.25) is 0 Å². The van der Waals surface area contributed by atoms with E-state index in [2.05, 4.69) is 13.8 Å². The predicted molar refractivity (Wildman–Crippen MR) is 79.1 cm³/mol. The van der Waals surface area contributed by atoms with Gasteiger partial charge in [0.1, 0.15) is 11.5 Å². The second-order valence-corrected chi connectivity index (χ2v) is 5.88. The van der Waals surface area contributed by atoms with E-state index in [1.807, 2.05) is 18.2 Å². The molecule has 0 heterocycles. The molecule has 1 aliphatic rings. The normalized spacial score (nSPS) is 27.1. The van der Waals surface area contributed by atoms with Gasteiger partial charge in [-0.3, -0.25) is 0 Å². The van der Waals surface area contributed by atoms with E-state index in [9.17, 15) is 0 Å². The molecule has 1 saturated carbocycles. The minimum absolute atomic E-state index is 0.306. The maximum Gasteiger partial charge on any atom is 0.127 e. The summed E-state index contributed by atoms with van der Waals surface area (Å²) >= 11 is 5.98. The van der Waals surface area contributed by atoms with E-state index in [0.29, 0.717) is 12.0 Å². The lowest BCUT2D eigenvalue weighted by Gasteiger charge is -2.32. The van der Waals surface area contributed by atoms with Crippen LogP contribution in [0.5, 0.6) is 11.5 Å². The van der Waals surface area contributed by atoms with Crippen LogP contribution in [0.1, 0.15) is 38.7 Å². The van der Waals surface area contributed by atoms with Gasteiger partial charge < -0.3 is 9.47 Å². The number of alkyl halides is 1. The van der Waals surface area contributed by atoms with E-state index < -0.39 is 0 Å². The molecule has 1 aromatic rings. The molecule has 1 fully saturated rings. The average molecular weight is 283 g/mol. The number of hydrogen-bond donors (Lipinski definition) is 0. The topological polar surface area (TPSA) is 18.5 Å². The number of ether oxygens (including phenoxy) is 2. The molecule has 0 amide bonds. The molecule has 3 atom stereocenters. The molecular formula is C16H23ClO2.